The Morgan fingerprint density at radius 3 is 2.62 bits per heavy atom. The fraction of sp³-hybridized carbons (Fsp3) is 0.167. The zero-order chi connectivity index (χ0) is 20.2. The van der Waals surface area contributed by atoms with Gasteiger partial charge in [0.2, 0.25) is 0 Å². The van der Waals surface area contributed by atoms with E-state index < -0.39 is 0 Å². The number of fused-ring (bicyclic) bond motifs is 1. The van der Waals surface area contributed by atoms with E-state index >= 15 is 0 Å². The van der Waals surface area contributed by atoms with Gasteiger partial charge >= 0.3 is 0 Å². The minimum absolute atomic E-state index is 0.0626. The molecular weight excluding hydrogens is 396 g/mol. The lowest BCUT2D eigenvalue weighted by atomic mass is 10.0. The number of hydrogen-bond donors (Lipinski definition) is 0. The minimum Gasteiger partial charge on any atom is -0.280 e. The molecule has 0 saturated heterocycles. The molecule has 0 atom stereocenters. The van der Waals surface area contributed by atoms with Gasteiger partial charge in [-0.05, 0) is 40.6 Å². The second-order valence-corrected chi connectivity index (χ2v) is 9.09. The van der Waals surface area contributed by atoms with Gasteiger partial charge in [0.05, 0.1) is 16.8 Å². The number of amides is 1. The lowest BCUT2D eigenvalue weighted by Gasteiger charge is -2.18. The molecule has 0 saturated carbocycles. The number of carbonyl (C=O) groups is 1. The molecule has 2 aromatic carbocycles. The third kappa shape index (κ3) is 4.47. The highest BCUT2D eigenvalue weighted by molar-refractivity contribution is 7.22. The summed E-state index contributed by atoms with van der Waals surface area (Å²) in [7, 11) is 0. The van der Waals surface area contributed by atoms with Crippen LogP contribution in [0.4, 0.5) is 5.13 Å². The van der Waals surface area contributed by atoms with E-state index in [0.29, 0.717) is 12.5 Å². The Morgan fingerprint density at radius 1 is 1.07 bits per heavy atom. The van der Waals surface area contributed by atoms with Crippen molar-refractivity contribution in [3.8, 4) is 0 Å². The maximum Gasteiger partial charge on any atom is 0.253 e. The van der Waals surface area contributed by atoms with Crippen LogP contribution in [0, 0.1) is 0 Å². The van der Waals surface area contributed by atoms with Crippen molar-refractivity contribution >= 4 is 50.0 Å². The first kappa shape index (κ1) is 19.6. The van der Waals surface area contributed by atoms with E-state index in [2.05, 4.69) is 32.0 Å². The SMILES string of the molecule is CC(C)c1cccc2sc(N(Cc3ccccc3)C(=O)/C=C/c3cccs3)nc12. The van der Waals surface area contributed by atoms with Gasteiger partial charge in [-0.15, -0.1) is 11.3 Å². The van der Waals surface area contributed by atoms with Crippen molar-refractivity contribution in [3.63, 3.8) is 0 Å². The summed E-state index contributed by atoms with van der Waals surface area (Å²) >= 11 is 3.19. The van der Waals surface area contributed by atoms with E-state index in [4.69, 9.17) is 4.98 Å². The number of rotatable bonds is 6. The molecule has 0 aliphatic heterocycles. The van der Waals surface area contributed by atoms with Crippen LogP contribution in [0.2, 0.25) is 0 Å². The zero-order valence-corrected chi connectivity index (χ0v) is 18.0. The Bertz CT molecular complexity index is 1130. The normalized spacial score (nSPS) is 11.6. The summed E-state index contributed by atoms with van der Waals surface area (Å²) in [5, 5.41) is 2.74. The molecule has 0 radical (unpaired) electrons. The number of benzene rings is 2. The molecule has 0 aliphatic carbocycles. The van der Waals surface area contributed by atoms with Crippen molar-refractivity contribution in [1.29, 1.82) is 0 Å². The molecule has 4 aromatic rings. The van der Waals surface area contributed by atoms with Gasteiger partial charge in [0.25, 0.3) is 5.91 Å². The molecule has 0 N–H and O–H groups in total. The van der Waals surface area contributed by atoms with Crippen molar-refractivity contribution < 1.29 is 4.79 Å². The van der Waals surface area contributed by atoms with Crippen molar-refractivity contribution in [2.75, 3.05) is 4.90 Å². The molecule has 0 spiro atoms. The summed E-state index contributed by atoms with van der Waals surface area (Å²) in [6, 6.07) is 20.3. The number of nitrogens with zero attached hydrogens (tertiary/aromatic N) is 2. The molecule has 2 heterocycles. The third-order valence-corrected chi connectivity index (χ3v) is 6.56. The molecule has 1 amide bonds. The van der Waals surface area contributed by atoms with Gasteiger partial charge in [-0.3, -0.25) is 9.69 Å². The number of thiophene rings is 1. The van der Waals surface area contributed by atoms with Crippen molar-refractivity contribution in [2.24, 2.45) is 0 Å². The van der Waals surface area contributed by atoms with E-state index in [0.717, 1.165) is 25.8 Å². The van der Waals surface area contributed by atoms with E-state index in [1.807, 2.05) is 53.9 Å². The van der Waals surface area contributed by atoms with Crippen LogP contribution in [-0.2, 0) is 11.3 Å². The molecule has 29 heavy (non-hydrogen) atoms. The average molecular weight is 419 g/mol. The van der Waals surface area contributed by atoms with Gasteiger partial charge in [-0.2, -0.15) is 0 Å². The highest BCUT2D eigenvalue weighted by Crippen LogP contribution is 2.34. The zero-order valence-electron chi connectivity index (χ0n) is 16.4. The van der Waals surface area contributed by atoms with Crippen molar-refractivity contribution in [2.45, 2.75) is 26.3 Å². The van der Waals surface area contributed by atoms with Crippen LogP contribution in [0.1, 0.15) is 35.8 Å². The predicted octanol–water partition coefficient (Wildman–Crippen LogP) is 6.73. The summed E-state index contributed by atoms with van der Waals surface area (Å²) in [5.41, 5.74) is 3.29. The summed E-state index contributed by atoms with van der Waals surface area (Å²) in [5.74, 6) is 0.318. The molecule has 2 aromatic heterocycles. The van der Waals surface area contributed by atoms with Crippen LogP contribution in [0.25, 0.3) is 16.3 Å². The highest BCUT2D eigenvalue weighted by Gasteiger charge is 2.20. The van der Waals surface area contributed by atoms with Crippen LogP contribution in [0.5, 0.6) is 0 Å². The second-order valence-electron chi connectivity index (χ2n) is 7.10. The minimum atomic E-state index is -0.0626. The lowest BCUT2D eigenvalue weighted by Crippen LogP contribution is -2.28. The maximum absolute atomic E-state index is 13.1. The number of anilines is 1. The molecule has 4 rings (SSSR count). The number of thiazole rings is 1. The first-order chi connectivity index (χ1) is 14.1. The fourth-order valence-electron chi connectivity index (χ4n) is 3.17. The largest absolute Gasteiger partial charge is 0.280 e. The van der Waals surface area contributed by atoms with Gasteiger partial charge in [0.1, 0.15) is 0 Å². The van der Waals surface area contributed by atoms with Crippen LogP contribution >= 0.6 is 22.7 Å². The summed E-state index contributed by atoms with van der Waals surface area (Å²) in [4.78, 5) is 20.9. The Hall–Kier alpha value is -2.76. The van der Waals surface area contributed by atoms with E-state index in [9.17, 15) is 4.79 Å². The topological polar surface area (TPSA) is 33.2 Å². The van der Waals surface area contributed by atoms with Crippen LogP contribution in [0.15, 0.2) is 72.1 Å². The molecule has 3 nitrogen and oxygen atoms in total. The van der Waals surface area contributed by atoms with Gasteiger partial charge < -0.3 is 0 Å². The average Bonchev–Trinajstić information content (AvgIpc) is 3.40. The van der Waals surface area contributed by atoms with Crippen LogP contribution < -0.4 is 4.90 Å². The van der Waals surface area contributed by atoms with E-state index in [-0.39, 0.29) is 5.91 Å². The van der Waals surface area contributed by atoms with Crippen LogP contribution in [-0.4, -0.2) is 10.9 Å². The summed E-state index contributed by atoms with van der Waals surface area (Å²) in [6.45, 7) is 4.83. The van der Waals surface area contributed by atoms with Gasteiger partial charge in [0.15, 0.2) is 5.13 Å². The smallest absolute Gasteiger partial charge is 0.253 e. The first-order valence-corrected chi connectivity index (χ1v) is 11.3. The standard InChI is InChI=1S/C24H22N2OS2/c1-17(2)20-11-6-12-21-23(20)25-24(29-21)26(16-18-8-4-3-5-9-18)22(27)14-13-19-10-7-15-28-19/h3-15,17H,16H2,1-2H3/b14-13+. The maximum atomic E-state index is 13.1. The number of aromatic nitrogens is 1. The Balaban J connectivity index is 1.72. The number of hydrogen-bond acceptors (Lipinski definition) is 4. The highest BCUT2D eigenvalue weighted by atomic mass is 32.1. The fourth-order valence-corrected chi connectivity index (χ4v) is 4.80. The molecule has 146 valence electrons. The summed E-state index contributed by atoms with van der Waals surface area (Å²) in [6.07, 6.45) is 3.52. The third-order valence-electron chi connectivity index (χ3n) is 4.67. The van der Waals surface area contributed by atoms with Gasteiger partial charge in [-0.25, -0.2) is 4.98 Å². The van der Waals surface area contributed by atoms with Crippen LogP contribution in [0.3, 0.4) is 0 Å². The Kier molecular flexibility index (Phi) is 5.88. The van der Waals surface area contributed by atoms with Crippen molar-refractivity contribution in [1.82, 2.24) is 4.98 Å². The number of carbonyl (C=O) groups excluding carboxylic acids is 1. The molecule has 5 heteroatoms. The van der Waals surface area contributed by atoms with E-state index in [1.54, 1.807) is 33.6 Å². The molecule has 0 bridgehead atoms. The molecule has 0 unspecified atom stereocenters. The quantitative estimate of drug-likeness (QED) is 0.325. The first-order valence-electron chi connectivity index (χ1n) is 9.58. The lowest BCUT2D eigenvalue weighted by molar-refractivity contribution is -0.114. The van der Waals surface area contributed by atoms with E-state index in [1.165, 1.54) is 5.56 Å². The summed E-state index contributed by atoms with van der Waals surface area (Å²) < 4.78 is 1.11. The predicted molar refractivity (Wildman–Crippen MR) is 125 cm³/mol. The van der Waals surface area contributed by atoms with Gasteiger partial charge in [0, 0.05) is 11.0 Å². The monoisotopic (exact) mass is 418 g/mol. The van der Waals surface area contributed by atoms with Crippen molar-refractivity contribution in [3.05, 3.63) is 88.1 Å². The Labute approximate surface area is 179 Å². The Morgan fingerprint density at radius 2 is 1.90 bits per heavy atom. The molecule has 0 aliphatic rings. The number of para-hydroxylation sites is 1. The molecule has 0 fully saturated rings. The second kappa shape index (κ2) is 8.72. The molecular formula is C24H22N2OS2. The van der Waals surface area contributed by atoms with Gasteiger partial charge in [-0.1, -0.05) is 73.7 Å².